The molecule has 0 aromatic heterocycles. The van der Waals surface area contributed by atoms with E-state index in [2.05, 4.69) is 22.5 Å². The summed E-state index contributed by atoms with van der Waals surface area (Å²) in [7, 11) is 1.37. The predicted octanol–water partition coefficient (Wildman–Crippen LogP) is 4.07. The normalized spacial score (nSPS) is 10.7. The number of hydrogen-bond donors (Lipinski definition) is 3. The number of nitriles is 1. The zero-order chi connectivity index (χ0) is 20.2. The molecule has 0 aliphatic heterocycles. The van der Waals surface area contributed by atoms with Crippen molar-refractivity contribution in [2.75, 3.05) is 17.7 Å². The molecule has 140 valence electrons. The minimum Gasteiger partial charge on any atom is -0.355 e. The maximum absolute atomic E-state index is 13.9. The maximum Gasteiger partial charge on any atom is 0.417 e. The molecule has 2 rings (SSSR count). The second-order valence-corrected chi connectivity index (χ2v) is 5.37. The van der Waals surface area contributed by atoms with Gasteiger partial charge in [-0.15, -0.1) is 0 Å². The first kappa shape index (κ1) is 19.8. The Morgan fingerprint density at radius 1 is 1.11 bits per heavy atom. The summed E-state index contributed by atoms with van der Waals surface area (Å²) in [5.41, 5.74) is -1.45. The molecule has 0 aliphatic carbocycles. The number of benzene rings is 2. The van der Waals surface area contributed by atoms with Crippen molar-refractivity contribution in [2.24, 2.45) is 0 Å². The quantitative estimate of drug-likeness (QED) is 0.686. The van der Waals surface area contributed by atoms with Gasteiger partial charge in [-0.3, -0.25) is 4.79 Å². The molecular weight excluding hydrogens is 364 g/mol. The van der Waals surface area contributed by atoms with Crippen molar-refractivity contribution >= 4 is 17.3 Å². The Balaban J connectivity index is 2.16. The lowest BCUT2D eigenvalue weighted by atomic mass is 10.1. The van der Waals surface area contributed by atoms with Crippen LogP contribution in [0.1, 0.15) is 21.5 Å². The van der Waals surface area contributed by atoms with Crippen LogP contribution in [0.5, 0.6) is 0 Å². The minimum absolute atomic E-state index is 0.0428. The Bertz CT molecular complexity index is 932. The van der Waals surface area contributed by atoms with Crippen LogP contribution in [0.3, 0.4) is 0 Å². The van der Waals surface area contributed by atoms with E-state index in [0.717, 1.165) is 18.2 Å². The Morgan fingerprint density at radius 3 is 2.22 bits per heavy atom. The van der Waals surface area contributed by atoms with Crippen LogP contribution in [0.2, 0.25) is 0 Å². The van der Waals surface area contributed by atoms with E-state index in [0.29, 0.717) is 0 Å². The van der Waals surface area contributed by atoms with Crippen molar-refractivity contribution in [3.05, 3.63) is 71.3 Å². The molecule has 0 heterocycles. The zero-order valence-corrected chi connectivity index (χ0v) is 14.0. The summed E-state index contributed by atoms with van der Waals surface area (Å²) in [6.07, 6.45) is -4.68. The zero-order valence-electron chi connectivity index (χ0n) is 14.0. The number of carbonyl (C=O) groups is 1. The van der Waals surface area contributed by atoms with Gasteiger partial charge in [-0.25, -0.2) is 4.39 Å². The smallest absolute Gasteiger partial charge is 0.355 e. The highest BCUT2D eigenvalue weighted by molar-refractivity contribution is 5.94. The number of carbonyl (C=O) groups excluding carboxylic acids is 1. The fourth-order valence-corrected chi connectivity index (χ4v) is 2.25. The van der Waals surface area contributed by atoms with E-state index in [9.17, 15) is 22.4 Å². The highest BCUT2D eigenvalue weighted by Gasteiger charge is 2.33. The van der Waals surface area contributed by atoms with E-state index in [1.807, 2.05) is 0 Å². The lowest BCUT2D eigenvalue weighted by molar-refractivity contribution is -0.137. The number of nitrogens with one attached hydrogen (secondary N) is 3. The summed E-state index contributed by atoms with van der Waals surface area (Å²) in [5, 5.41) is 16.4. The molecule has 2 aromatic carbocycles. The number of hydrogen-bond acceptors (Lipinski definition) is 4. The third-order valence-corrected chi connectivity index (χ3v) is 3.48. The monoisotopic (exact) mass is 378 g/mol. The molecule has 0 saturated heterocycles. The van der Waals surface area contributed by atoms with Gasteiger partial charge in [0.25, 0.3) is 5.91 Å². The van der Waals surface area contributed by atoms with Crippen molar-refractivity contribution in [1.29, 1.82) is 5.26 Å². The van der Waals surface area contributed by atoms with Crippen LogP contribution in [-0.4, -0.2) is 13.0 Å². The first-order valence-corrected chi connectivity index (χ1v) is 7.51. The third-order valence-electron chi connectivity index (χ3n) is 3.48. The SMILES string of the molecule is C=C(Nc1ccc(C(=O)NC)c(F)c1)Nc1ccc(C#N)c(C(F)(F)F)c1. The van der Waals surface area contributed by atoms with Crippen molar-refractivity contribution in [2.45, 2.75) is 6.18 Å². The molecule has 0 spiro atoms. The molecule has 5 nitrogen and oxygen atoms in total. The van der Waals surface area contributed by atoms with Crippen molar-refractivity contribution in [3.8, 4) is 6.07 Å². The lowest BCUT2D eigenvalue weighted by Gasteiger charge is -2.15. The molecule has 0 bridgehead atoms. The molecule has 2 aromatic rings. The number of halogens is 4. The highest BCUT2D eigenvalue weighted by Crippen LogP contribution is 2.33. The third kappa shape index (κ3) is 4.76. The van der Waals surface area contributed by atoms with E-state index in [-0.39, 0.29) is 22.8 Å². The van der Waals surface area contributed by atoms with Crippen LogP contribution in [0.25, 0.3) is 0 Å². The Kier molecular flexibility index (Phi) is 5.70. The molecule has 27 heavy (non-hydrogen) atoms. The summed E-state index contributed by atoms with van der Waals surface area (Å²) in [6.45, 7) is 3.61. The Labute approximate surface area is 152 Å². The van der Waals surface area contributed by atoms with Gasteiger partial charge in [-0.05, 0) is 36.4 Å². The number of alkyl halides is 3. The summed E-state index contributed by atoms with van der Waals surface area (Å²) >= 11 is 0. The van der Waals surface area contributed by atoms with E-state index < -0.39 is 29.0 Å². The van der Waals surface area contributed by atoms with E-state index in [4.69, 9.17) is 5.26 Å². The number of nitrogens with zero attached hydrogens (tertiary/aromatic N) is 1. The second kappa shape index (κ2) is 7.78. The van der Waals surface area contributed by atoms with Crippen LogP contribution >= 0.6 is 0 Å². The fraction of sp³-hybridized carbons (Fsp3) is 0.111. The summed E-state index contributed by atoms with van der Waals surface area (Å²) in [6, 6.07) is 8.32. The average Bonchev–Trinajstić information content (AvgIpc) is 2.60. The largest absolute Gasteiger partial charge is 0.417 e. The van der Waals surface area contributed by atoms with Gasteiger partial charge in [0.05, 0.1) is 22.8 Å². The molecule has 1 amide bonds. The lowest BCUT2D eigenvalue weighted by Crippen LogP contribution is -2.19. The predicted molar refractivity (Wildman–Crippen MR) is 92.3 cm³/mol. The van der Waals surface area contributed by atoms with Crippen LogP contribution in [0.15, 0.2) is 48.8 Å². The van der Waals surface area contributed by atoms with Crippen LogP contribution < -0.4 is 16.0 Å². The number of amides is 1. The maximum atomic E-state index is 13.9. The number of anilines is 2. The topological polar surface area (TPSA) is 77.0 Å². The van der Waals surface area contributed by atoms with E-state index in [1.54, 1.807) is 0 Å². The molecule has 3 N–H and O–H groups in total. The fourth-order valence-electron chi connectivity index (χ4n) is 2.25. The number of rotatable bonds is 5. The molecule has 0 radical (unpaired) electrons. The summed E-state index contributed by atoms with van der Waals surface area (Å²) < 4.78 is 52.9. The Morgan fingerprint density at radius 2 is 1.70 bits per heavy atom. The highest BCUT2D eigenvalue weighted by atomic mass is 19.4. The van der Waals surface area contributed by atoms with Crippen molar-refractivity contribution < 1.29 is 22.4 Å². The molecule has 0 atom stereocenters. The van der Waals surface area contributed by atoms with E-state index in [1.165, 1.54) is 31.3 Å². The summed E-state index contributed by atoms with van der Waals surface area (Å²) in [4.78, 5) is 11.5. The van der Waals surface area contributed by atoms with Crippen LogP contribution in [0, 0.1) is 17.1 Å². The summed E-state index contributed by atoms with van der Waals surface area (Å²) in [5.74, 6) is -1.29. The molecular formula is C18H14F4N4O. The van der Waals surface area contributed by atoms with Crippen LogP contribution in [-0.2, 0) is 6.18 Å². The molecule has 0 fully saturated rings. The van der Waals surface area contributed by atoms with E-state index >= 15 is 0 Å². The molecule has 0 unspecified atom stereocenters. The van der Waals surface area contributed by atoms with Gasteiger partial charge >= 0.3 is 6.18 Å². The van der Waals surface area contributed by atoms with Gasteiger partial charge in [-0.1, -0.05) is 6.58 Å². The molecule has 0 aliphatic rings. The standard InChI is InChI=1S/C18H14F4N4O/c1-10(26-13-5-6-14(16(19)8-13)17(27)24-2)25-12-4-3-11(9-23)15(7-12)18(20,21)22/h3-8,25-26H,1H2,2H3,(H,24,27). The van der Waals surface area contributed by atoms with Crippen molar-refractivity contribution in [3.63, 3.8) is 0 Å². The van der Waals surface area contributed by atoms with Gasteiger partial charge in [0.1, 0.15) is 11.6 Å². The van der Waals surface area contributed by atoms with Crippen molar-refractivity contribution in [1.82, 2.24) is 5.32 Å². The van der Waals surface area contributed by atoms with Gasteiger partial charge in [0, 0.05) is 18.4 Å². The van der Waals surface area contributed by atoms with Gasteiger partial charge < -0.3 is 16.0 Å². The van der Waals surface area contributed by atoms with Gasteiger partial charge in [0.2, 0.25) is 0 Å². The van der Waals surface area contributed by atoms with Gasteiger partial charge in [0.15, 0.2) is 0 Å². The Hall–Kier alpha value is -3.54. The minimum atomic E-state index is -4.68. The second-order valence-electron chi connectivity index (χ2n) is 5.37. The average molecular weight is 378 g/mol. The molecule has 9 heteroatoms. The first-order valence-electron chi connectivity index (χ1n) is 7.51. The van der Waals surface area contributed by atoms with Crippen LogP contribution in [0.4, 0.5) is 28.9 Å². The van der Waals surface area contributed by atoms with Gasteiger partial charge in [-0.2, -0.15) is 18.4 Å². The molecule has 0 saturated carbocycles. The first-order chi connectivity index (χ1) is 12.7.